The molecule has 1 heterocycles. The van der Waals surface area contributed by atoms with Gasteiger partial charge >= 0.3 is 0 Å². The molecule has 6 aromatic carbocycles. The number of anilines is 3. The largest absolute Gasteiger partial charge is 0.378 e. The van der Waals surface area contributed by atoms with Crippen LogP contribution in [0.2, 0.25) is 0 Å². The Hall–Kier alpha value is -6.84. The van der Waals surface area contributed by atoms with Gasteiger partial charge in [0, 0.05) is 45.1 Å². The van der Waals surface area contributed by atoms with Crippen LogP contribution in [0.1, 0.15) is 42.5 Å². The molecule has 58 heavy (non-hydrogen) atoms. The Kier molecular flexibility index (Phi) is 9.89. The lowest BCUT2D eigenvalue weighted by atomic mass is 9.79. The summed E-state index contributed by atoms with van der Waals surface area (Å²) >= 11 is 0. The van der Waals surface area contributed by atoms with E-state index in [1.54, 1.807) is 0 Å². The molecule has 284 valence electrons. The van der Waals surface area contributed by atoms with Crippen molar-refractivity contribution in [3.05, 3.63) is 228 Å². The topological polar surface area (TPSA) is 20.2 Å². The van der Waals surface area contributed by atoms with Crippen LogP contribution in [0.25, 0.3) is 38.6 Å². The first-order valence-electron chi connectivity index (χ1n) is 20.4. The van der Waals surface area contributed by atoms with Gasteiger partial charge in [-0.1, -0.05) is 117 Å². The van der Waals surface area contributed by atoms with Crippen molar-refractivity contribution in [2.24, 2.45) is 5.92 Å². The molecule has 2 unspecified atom stereocenters. The van der Waals surface area contributed by atoms with Crippen molar-refractivity contribution in [1.29, 1.82) is 0 Å². The molecule has 2 aliphatic carbocycles. The predicted octanol–water partition coefficient (Wildman–Crippen LogP) is 14.3. The first-order valence-corrected chi connectivity index (χ1v) is 20.4. The minimum absolute atomic E-state index is 0.0731. The fourth-order valence-electron chi connectivity index (χ4n) is 9.03. The minimum atomic E-state index is 0.0731. The lowest BCUT2D eigenvalue weighted by molar-refractivity contribution is 0.604. The quantitative estimate of drug-likeness (QED) is 0.140. The lowest BCUT2D eigenvalue weighted by Crippen LogP contribution is -2.32. The lowest BCUT2D eigenvalue weighted by Gasteiger charge is -2.33. The molecule has 1 N–H and O–H groups in total. The first-order chi connectivity index (χ1) is 28.4. The molecule has 9 rings (SSSR count). The Morgan fingerprint density at radius 2 is 1.45 bits per heavy atom. The highest BCUT2D eigenvalue weighted by atomic mass is 15.1. The molecule has 0 saturated heterocycles. The maximum absolute atomic E-state index is 4.76. The molecule has 0 aliphatic heterocycles. The molecule has 7 aromatic rings. The van der Waals surface area contributed by atoms with Crippen LogP contribution in [0.15, 0.2) is 206 Å². The number of para-hydroxylation sites is 3. The number of hydrogen-bond acceptors (Lipinski definition) is 2. The van der Waals surface area contributed by atoms with Gasteiger partial charge in [-0.3, -0.25) is 0 Å². The highest BCUT2D eigenvalue weighted by molar-refractivity contribution is 6.10. The molecule has 1 aromatic heterocycles. The smallest absolute Gasteiger partial charge is 0.0585 e. The molecular weight excluding hydrogens is 703 g/mol. The van der Waals surface area contributed by atoms with Crippen molar-refractivity contribution < 1.29 is 0 Å². The third kappa shape index (κ3) is 6.83. The van der Waals surface area contributed by atoms with E-state index in [4.69, 9.17) is 6.58 Å². The van der Waals surface area contributed by atoms with E-state index in [-0.39, 0.29) is 12.0 Å². The second-order valence-corrected chi connectivity index (χ2v) is 15.6. The maximum Gasteiger partial charge on any atom is 0.0585 e. The van der Waals surface area contributed by atoms with Crippen molar-refractivity contribution in [1.82, 2.24) is 4.57 Å². The summed E-state index contributed by atoms with van der Waals surface area (Å²) < 4.78 is 2.40. The molecule has 0 fully saturated rings. The third-order valence-corrected chi connectivity index (χ3v) is 11.8. The summed E-state index contributed by atoms with van der Waals surface area (Å²) in [5.74, 6) is 0.188. The summed E-state index contributed by atoms with van der Waals surface area (Å²) in [5, 5.41) is 6.48. The Labute approximate surface area is 343 Å². The van der Waals surface area contributed by atoms with Crippen LogP contribution in [0.5, 0.6) is 0 Å². The number of nitrogens with zero attached hydrogens (tertiary/aromatic N) is 2. The van der Waals surface area contributed by atoms with E-state index in [1.165, 1.54) is 72.2 Å². The normalized spacial score (nSPS) is 16.7. The maximum atomic E-state index is 4.76. The van der Waals surface area contributed by atoms with Crippen LogP contribution in [0.3, 0.4) is 0 Å². The van der Waals surface area contributed by atoms with Crippen LogP contribution in [0.4, 0.5) is 17.1 Å². The van der Waals surface area contributed by atoms with E-state index in [1.807, 2.05) is 6.08 Å². The van der Waals surface area contributed by atoms with E-state index < -0.39 is 0 Å². The predicted molar refractivity (Wildman–Crippen MR) is 249 cm³/mol. The summed E-state index contributed by atoms with van der Waals surface area (Å²) in [7, 11) is 0. The van der Waals surface area contributed by atoms with Gasteiger partial charge in [-0.25, -0.2) is 0 Å². The number of aryl methyl sites for hydroxylation is 2. The molecule has 0 spiro atoms. The van der Waals surface area contributed by atoms with E-state index in [9.17, 15) is 0 Å². The molecule has 0 radical (unpaired) electrons. The summed E-state index contributed by atoms with van der Waals surface area (Å²) in [6, 6.07) is 52.8. The highest BCUT2D eigenvalue weighted by Gasteiger charge is 2.33. The zero-order valence-electron chi connectivity index (χ0n) is 33.6. The van der Waals surface area contributed by atoms with Gasteiger partial charge in [-0.2, -0.15) is 0 Å². The van der Waals surface area contributed by atoms with Gasteiger partial charge in [0.05, 0.1) is 17.1 Å². The van der Waals surface area contributed by atoms with Crippen molar-refractivity contribution in [2.75, 3.05) is 10.2 Å². The number of allylic oxidation sites excluding steroid dienone is 7. The molecule has 3 heteroatoms. The number of benzene rings is 6. The summed E-state index contributed by atoms with van der Waals surface area (Å²) in [6.45, 7) is 15.3. The Bertz CT molecular complexity index is 2810. The summed E-state index contributed by atoms with van der Waals surface area (Å²) in [4.78, 5) is 2.34. The summed E-state index contributed by atoms with van der Waals surface area (Å²) in [5.41, 5.74) is 18.0. The van der Waals surface area contributed by atoms with E-state index >= 15 is 0 Å². The average molecular weight is 752 g/mol. The average Bonchev–Trinajstić information content (AvgIpc) is 3.54. The molecule has 0 saturated carbocycles. The van der Waals surface area contributed by atoms with Gasteiger partial charge in [0.25, 0.3) is 0 Å². The van der Waals surface area contributed by atoms with E-state index in [2.05, 4.69) is 212 Å². The standard InChI is InChI=1S/C55H49N3/c1-6-17-39(5)57(47-20-13-9-14-21-47)52-28-25-41(32-40(52)7-2)44-34-45-33-43(31-38(4)49(36-44)55(45)56-46-18-11-8-12-19-46)42-26-29-54-51(35-42)50-30-37(3)24-27-53(50)58(54)48-22-15-10-16-23-48/h6,8-32,34-36,45,55-56H,1,4,7,33H2,2-3,5H3/b39-17+. The second-order valence-electron chi connectivity index (χ2n) is 15.6. The Morgan fingerprint density at radius 3 is 2.17 bits per heavy atom. The minimum Gasteiger partial charge on any atom is -0.378 e. The van der Waals surface area contributed by atoms with Gasteiger partial charge in [0.1, 0.15) is 0 Å². The number of hydrogen-bond donors (Lipinski definition) is 1. The molecule has 0 amide bonds. The zero-order valence-corrected chi connectivity index (χ0v) is 33.6. The van der Waals surface area contributed by atoms with Crippen LogP contribution in [0, 0.1) is 12.8 Å². The van der Waals surface area contributed by atoms with E-state index in [0.29, 0.717) is 0 Å². The number of fused-ring (bicyclic) bond motifs is 5. The van der Waals surface area contributed by atoms with Crippen molar-refractivity contribution in [3.8, 4) is 5.69 Å². The van der Waals surface area contributed by atoms with Gasteiger partial charge in [-0.15, -0.1) is 0 Å². The SMILES string of the molecule is C=C/C=C(\C)N(c1ccccc1)c1ccc(C2=CC3CC(c4ccc5c(c4)c4cc(C)ccc4n5-c4ccccc4)=CC(=C)C(=C2)C3Nc2ccccc2)cc1CC. The summed E-state index contributed by atoms with van der Waals surface area (Å²) in [6.07, 6.45) is 13.0. The Morgan fingerprint density at radius 1 is 0.776 bits per heavy atom. The van der Waals surface area contributed by atoms with Crippen LogP contribution in [-0.4, -0.2) is 10.6 Å². The third-order valence-electron chi connectivity index (χ3n) is 11.8. The Balaban J connectivity index is 1.13. The van der Waals surface area contributed by atoms with Gasteiger partial charge in [0.2, 0.25) is 0 Å². The molecule has 3 nitrogen and oxygen atoms in total. The first kappa shape index (κ1) is 36.8. The number of nitrogens with one attached hydrogen (secondary N) is 1. The fourth-order valence-corrected chi connectivity index (χ4v) is 9.03. The molecular formula is C55H49N3. The molecule has 2 atom stereocenters. The van der Waals surface area contributed by atoms with Crippen molar-refractivity contribution in [2.45, 2.75) is 39.7 Å². The molecule has 2 aliphatic rings. The fraction of sp³-hybridized carbons (Fsp3) is 0.127. The highest BCUT2D eigenvalue weighted by Crippen LogP contribution is 2.44. The monoisotopic (exact) mass is 751 g/mol. The number of aromatic nitrogens is 1. The second kappa shape index (κ2) is 15.6. The zero-order chi connectivity index (χ0) is 39.8. The van der Waals surface area contributed by atoms with Gasteiger partial charge < -0.3 is 14.8 Å². The molecule has 2 bridgehead atoms. The van der Waals surface area contributed by atoms with Gasteiger partial charge in [-0.05, 0) is 151 Å². The van der Waals surface area contributed by atoms with E-state index in [0.717, 1.165) is 35.5 Å². The van der Waals surface area contributed by atoms with Crippen LogP contribution >= 0.6 is 0 Å². The van der Waals surface area contributed by atoms with Crippen molar-refractivity contribution in [3.63, 3.8) is 0 Å². The number of rotatable bonds is 10. The van der Waals surface area contributed by atoms with Crippen molar-refractivity contribution >= 4 is 50.0 Å². The van der Waals surface area contributed by atoms with Crippen LogP contribution in [-0.2, 0) is 6.42 Å². The van der Waals surface area contributed by atoms with Gasteiger partial charge in [0.15, 0.2) is 0 Å². The van der Waals surface area contributed by atoms with Crippen LogP contribution < -0.4 is 10.2 Å².